The number of likely N-dealkylation sites (N-methyl/N-ethyl adjacent to an activating group) is 1. The molecule has 0 saturated heterocycles. The molecule has 1 rings (SSSR count). The highest BCUT2D eigenvalue weighted by Gasteiger charge is 2.19. The third-order valence-electron chi connectivity index (χ3n) is 2.14. The Bertz CT molecular complexity index is 415. The lowest BCUT2D eigenvalue weighted by molar-refractivity contribution is 0.0277. The van der Waals surface area contributed by atoms with Crippen molar-refractivity contribution in [3.8, 4) is 5.88 Å². The molecule has 0 aliphatic heterocycles. The molecule has 102 valence electrons. The first-order valence-corrected chi connectivity index (χ1v) is 6.06. The molecular weight excluding hydrogens is 243 g/mol. The van der Waals surface area contributed by atoms with E-state index >= 15 is 0 Å². The van der Waals surface area contributed by atoms with Gasteiger partial charge in [-0.05, 0) is 26.8 Å². The van der Waals surface area contributed by atoms with Crippen LogP contribution in [0.1, 0.15) is 20.8 Å². The number of rotatable bonds is 4. The molecule has 0 aromatic carbocycles. The Labute approximate surface area is 115 Å². The summed E-state index contributed by atoms with van der Waals surface area (Å²) in [7, 11) is 7.18. The van der Waals surface area contributed by atoms with Gasteiger partial charge in [-0.1, -0.05) is 11.5 Å². The fourth-order valence-corrected chi connectivity index (χ4v) is 1.20. The molecule has 0 spiro atoms. The van der Waals surface area contributed by atoms with Crippen LogP contribution in [0.2, 0.25) is 0 Å². The van der Waals surface area contributed by atoms with E-state index in [9.17, 15) is 4.79 Å². The van der Waals surface area contributed by atoms with Crippen molar-refractivity contribution >= 4 is 19.4 Å². The van der Waals surface area contributed by atoms with E-state index in [-0.39, 0.29) is 6.09 Å². The summed E-state index contributed by atoms with van der Waals surface area (Å²) in [4.78, 5) is 17.1. The minimum Gasteiger partial charge on any atom is -0.476 e. The summed E-state index contributed by atoms with van der Waals surface area (Å²) in [6.07, 6.45) is 1.15. The average Bonchev–Trinajstić information content (AvgIpc) is 2.29. The van der Waals surface area contributed by atoms with Crippen LogP contribution in [0.4, 0.5) is 4.79 Å². The minimum atomic E-state index is -0.495. The van der Waals surface area contributed by atoms with Crippen LogP contribution in [-0.2, 0) is 4.74 Å². The quantitative estimate of drug-likeness (QED) is 0.763. The molecule has 5 nitrogen and oxygen atoms in total. The van der Waals surface area contributed by atoms with Crippen molar-refractivity contribution in [1.82, 2.24) is 9.88 Å². The zero-order valence-electron chi connectivity index (χ0n) is 11.8. The van der Waals surface area contributed by atoms with Gasteiger partial charge in [-0.25, -0.2) is 9.78 Å². The average molecular weight is 262 g/mol. The van der Waals surface area contributed by atoms with Gasteiger partial charge in [0.05, 0.1) is 6.54 Å². The second-order valence-electron chi connectivity index (χ2n) is 5.18. The van der Waals surface area contributed by atoms with Gasteiger partial charge in [0.2, 0.25) is 5.88 Å². The maximum absolute atomic E-state index is 11.7. The molecule has 0 unspecified atom stereocenters. The number of aromatic nitrogens is 1. The van der Waals surface area contributed by atoms with E-state index in [0.29, 0.717) is 24.5 Å². The van der Waals surface area contributed by atoms with Crippen LogP contribution < -0.4 is 10.2 Å². The summed E-state index contributed by atoms with van der Waals surface area (Å²) in [6, 6.07) is 3.39. The van der Waals surface area contributed by atoms with Crippen LogP contribution in [0.15, 0.2) is 18.3 Å². The third kappa shape index (κ3) is 6.13. The van der Waals surface area contributed by atoms with Crippen LogP contribution in [0.3, 0.4) is 0 Å². The van der Waals surface area contributed by atoms with Gasteiger partial charge in [0.15, 0.2) is 0 Å². The Hall–Kier alpha value is -1.72. The minimum absolute atomic E-state index is 0.340. The molecule has 0 saturated carbocycles. The lowest BCUT2D eigenvalue weighted by Gasteiger charge is -2.24. The predicted octanol–water partition coefficient (Wildman–Crippen LogP) is 1.12. The van der Waals surface area contributed by atoms with Crippen molar-refractivity contribution in [2.24, 2.45) is 0 Å². The van der Waals surface area contributed by atoms with Gasteiger partial charge in [-0.15, -0.1) is 0 Å². The Morgan fingerprint density at radius 2 is 2.11 bits per heavy atom. The molecule has 6 heteroatoms. The molecule has 1 amide bonds. The first-order chi connectivity index (χ1) is 8.78. The van der Waals surface area contributed by atoms with Crippen molar-refractivity contribution in [2.75, 3.05) is 20.2 Å². The molecule has 0 N–H and O–H groups in total. The molecule has 0 fully saturated rings. The van der Waals surface area contributed by atoms with E-state index in [1.165, 1.54) is 11.1 Å². The Morgan fingerprint density at radius 3 is 2.63 bits per heavy atom. The fraction of sp³-hybridized carbons (Fsp3) is 0.538. The summed E-state index contributed by atoms with van der Waals surface area (Å²) < 4.78 is 10.6. The number of carbonyl (C=O) groups excluding carboxylic acids is 1. The lowest BCUT2D eigenvalue weighted by atomic mass is 9.99. The molecule has 0 aliphatic carbocycles. The topological polar surface area (TPSA) is 51.7 Å². The highest BCUT2D eigenvalue weighted by molar-refractivity contribution is 6.32. The van der Waals surface area contributed by atoms with Crippen molar-refractivity contribution < 1.29 is 14.3 Å². The van der Waals surface area contributed by atoms with Gasteiger partial charge >= 0.3 is 6.09 Å². The highest BCUT2D eigenvalue weighted by Crippen LogP contribution is 2.09. The van der Waals surface area contributed by atoms with Gasteiger partial charge in [0, 0.05) is 13.2 Å². The summed E-state index contributed by atoms with van der Waals surface area (Å²) in [5.74, 6) is 0.479. The third-order valence-corrected chi connectivity index (χ3v) is 2.14. The number of hydrogen-bond acceptors (Lipinski definition) is 4. The zero-order valence-corrected chi connectivity index (χ0v) is 11.8. The van der Waals surface area contributed by atoms with Crippen molar-refractivity contribution in [3.05, 3.63) is 18.3 Å². The number of amides is 1. The first-order valence-electron chi connectivity index (χ1n) is 6.06. The van der Waals surface area contributed by atoms with Crippen LogP contribution in [-0.4, -0.2) is 49.6 Å². The molecule has 1 heterocycles. The van der Waals surface area contributed by atoms with Gasteiger partial charge in [-0.3, -0.25) is 0 Å². The van der Waals surface area contributed by atoms with Crippen molar-refractivity contribution in [1.29, 1.82) is 0 Å². The van der Waals surface area contributed by atoms with E-state index in [1.54, 1.807) is 19.2 Å². The number of hydrogen-bond donors (Lipinski definition) is 0. The maximum atomic E-state index is 11.7. The molecule has 0 bridgehead atoms. The van der Waals surface area contributed by atoms with E-state index in [4.69, 9.17) is 17.3 Å². The molecule has 0 atom stereocenters. The lowest BCUT2D eigenvalue weighted by Crippen LogP contribution is -2.36. The van der Waals surface area contributed by atoms with Gasteiger partial charge < -0.3 is 14.4 Å². The van der Waals surface area contributed by atoms with E-state index in [2.05, 4.69) is 4.98 Å². The Morgan fingerprint density at radius 1 is 1.42 bits per heavy atom. The van der Waals surface area contributed by atoms with E-state index in [0.717, 1.165) is 0 Å². The molecule has 1 aromatic heterocycles. The van der Waals surface area contributed by atoms with E-state index in [1.807, 2.05) is 20.8 Å². The predicted molar refractivity (Wildman–Crippen MR) is 74.0 cm³/mol. The van der Waals surface area contributed by atoms with Gasteiger partial charge in [-0.2, -0.15) is 0 Å². The zero-order chi connectivity index (χ0) is 14.5. The highest BCUT2D eigenvalue weighted by atomic mass is 16.6. The Kier molecular flexibility index (Phi) is 5.21. The molecule has 0 aliphatic rings. The number of nitrogens with zero attached hydrogens (tertiary/aromatic N) is 2. The summed E-state index contributed by atoms with van der Waals surface area (Å²) in [5.41, 5.74) is 0.0864. The SMILES string of the molecule is [B]c1ccc(OCCN(C)C(=O)OC(C)(C)C)nc1. The molecule has 1 aromatic rings. The van der Waals surface area contributed by atoms with E-state index < -0.39 is 5.60 Å². The van der Waals surface area contributed by atoms with Crippen molar-refractivity contribution in [2.45, 2.75) is 26.4 Å². The molecule has 19 heavy (non-hydrogen) atoms. The van der Waals surface area contributed by atoms with Crippen LogP contribution >= 0.6 is 0 Å². The number of ether oxygens (including phenoxy) is 2. The van der Waals surface area contributed by atoms with Gasteiger partial charge in [0.1, 0.15) is 20.1 Å². The van der Waals surface area contributed by atoms with Crippen LogP contribution in [0, 0.1) is 0 Å². The molecular formula is C13H19BN2O3. The van der Waals surface area contributed by atoms with Crippen molar-refractivity contribution in [3.63, 3.8) is 0 Å². The number of carbonyl (C=O) groups is 1. The summed E-state index contributed by atoms with van der Waals surface area (Å²) in [5, 5.41) is 0. The largest absolute Gasteiger partial charge is 0.476 e. The number of pyridine rings is 1. The van der Waals surface area contributed by atoms with Crippen LogP contribution in [0.25, 0.3) is 0 Å². The standard InChI is InChI=1S/C13H19BN2O3/c1-13(2,3)19-12(17)16(4)7-8-18-11-6-5-10(14)9-15-11/h5-6,9H,7-8H2,1-4H3. The smallest absolute Gasteiger partial charge is 0.410 e. The summed E-state index contributed by atoms with van der Waals surface area (Å²) in [6.45, 7) is 6.24. The second-order valence-corrected chi connectivity index (χ2v) is 5.18. The summed E-state index contributed by atoms with van der Waals surface area (Å²) >= 11 is 0. The molecule has 2 radical (unpaired) electrons. The maximum Gasteiger partial charge on any atom is 0.410 e. The fourth-order valence-electron chi connectivity index (χ4n) is 1.20. The monoisotopic (exact) mass is 262 g/mol. The van der Waals surface area contributed by atoms with Crippen LogP contribution in [0.5, 0.6) is 5.88 Å². The second kappa shape index (κ2) is 6.45. The normalized spacial score (nSPS) is 10.9. The first kappa shape index (κ1) is 15.3. The Balaban J connectivity index is 2.32. The van der Waals surface area contributed by atoms with Gasteiger partial charge in [0.25, 0.3) is 0 Å².